The van der Waals surface area contributed by atoms with E-state index in [2.05, 4.69) is 47.5 Å². The van der Waals surface area contributed by atoms with E-state index in [9.17, 15) is 4.89 Å². The molecule has 0 radical (unpaired) electrons. The number of ether oxygens (including phenoxy) is 1. The number of benzene rings is 1. The second-order valence-electron chi connectivity index (χ2n) is 10.9. The SMILES string of the molecule is C=P(O)(CCCC(CCC)c1ccc(C2=Nc3c(N)ncnc3OC2(C)C)cc1)CC1CCCC1. The highest BCUT2D eigenvalue weighted by atomic mass is 31.2. The Balaban J connectivity index is 1.45. The molecular formula is C28H41N4O2P. The molecule has 0 spiro atoms. The number of aliphatic imine (C=N–C) groups is 1. The molecule has 0 amide bonds. The first-order valence-corrected chi connectivity index (χ1v) is 15.4. The van der Waals surface area contributed by atoms with Crippen LogP contribution in [0.5, 0.6) is 5.88 Å². The van der Waals surface area contributed by atoms with Gasteiger partial charge in [-0.1, -0.05) is 69.6 Å². The zero-order chi connectivity index (χ0) is 25.1. The predicted octanol–water partition coefficient (Wildman–Crippen LogP) is 6.56. The maximum Gasteiger partial charge on any atom is 0.246 e. The maximum absolute atomic E-state index is 11.0. The van der Waals surface area contributed by atoms with Gasteiger partial charge in [-0.05, 0) is 69.9 Å². The summed E-state index contributed by atoms with van der Waals surface area (Å²) in [6.07, 6.45) is 17.1. The van der Waals surface area contributed by atoms with Crippen LogP contribution in [-0.4, -0.2) is 44.8 Å². The van der Waals surface area contributed by atoms with Crippen LogP contribution >= 0.6 is 7.11 Å². The van der Waals surface area contributed by atoms with Crippen molar-refractivity contribution in [2.75, 3.05) is 18.1 Å². The lowest BCUT2D eigenvalue weighted by Gasteiger charge is -2.32. The summed E-state index contributed by atoms with van der Waals surface area (Å²) in [6, 6.07) is 8.72. The van der Waals surface area contributed by atoms with Crippen LogP contribution in [0.2, 0.25) is 0 Å². The summed E-state index contributed by atoms with van der Waals surface area (Å²) in [5.41, 5.74) is 9.08. The van der Waals surface area contributed by atoms with Crippen molar-refractivity contribution in [1.82, 2.24) is 9.97 Å². The zero-order valence-electron chi connectivity index (χ0n) is 21.5. The van der Waals surface area contributed by atoms with Crippen molar-refractivity contribution in [3.8, 4) is 5.88 Å². The second-order valence-corrected chi connectivity index (χ2v) is 13.9. The lowest BCUT2D eigenvalue weighted by atomic mass is 9.88. The first kappa shape index (κ1) is 25.9. The molecular weight excluding hydrogens is 455 g/mol. The van der Waals surface area contributed by atoms with E-state index in [1.807, 2.05) is 13.8 Å². The van der Waals surface area contributed by atoms with E-state index in [4.69, 9.17) is 15.5 Å². The summed E-state index contributed by atoms with van der Waals surface area (Å²) >= 11 is 0. The third kappa shape index (κ3) is 6.34. The van der Waals surface area contributed by atoms with Crippen molar-refractivity contribution in [3.05, 3.63) is 41.7 Å². The monoisotopic (exact) mass is 496 g/mol. The van der Waals surface area contributed by atoms with Crippen molar-refractivity contribution in [2.45, 2.75) is 83.7 Å². The number of hydrogen-bond acceptors (Lipinski definition) is 6. The fraction of sp³-hybridized carbons (Fsp3) is 0.571. The average molecular weight is 497 g/mol. The first-order valence-electron chi connectivity index (χ1n) is 13.1. The van der Waals surface area contributed by atoms with Crippen LogP contribution in [-0.2, 0) is 0 Å². The number of anilines is 1. The largest absolute Gasteiger partial charge is 0.463 e. The number of nitrogens with two attached hydrogens (primary N) is 1. The Morgan fingerprint density at radius 3 is 2.57 bits per heavy atom. The minimum atomic E-state index is -2.03. The van der Waals surface area contributed by atoms with Gasteiger partial charge in [0.25, 0.3) is 0 Å². The van der Waals surface area contributed by atoms with E-state index < -0.39 is 12.7 Å². The summed E-state index contributed by atoms with van der Waals surface area (Å²) < 4.78 is 6.13. The summed E-state index contributed by atoms with van der Waals surface area (Å²) in [5, 5.41) is 0. The highest BCUT2D eigenvalue weighted by Gasteiger charge is 2.35. The fourth-order valence-electron chi connectivity index (χ4n) is 5.64. The topological polar surface area (TPSA) is 93.6 Å². The Bertz CT molecular complexity index is 1090. The molecule has 2 atom stereocenters. The first-order chi connectivity index (χ1) is 16.7. The third-order valence-electron chi connectivity index (χ3n) is 7.46. The minimum absolute atomic E-state index is 0.323. The van der Waals surface area contributed by atoms with Crippen molar-refractivity contribution < 1.29 is 9.63 Å². The highest BCUT2D eigenvalue weighted by molar-refractivity contribution is 7.68. The molecule has 3 N–H and O–H groups in total. The van der Waals surface area contributed by atoms with Gasteiger partial charge in [0, 0.05) is 5.56 Å². The molecule has 1 aliphatic heterocycles. The average Bonchev–Trinajstić information content (AvgIpc) is 3.30. The number of aromatic nitrogens is 2. The van der Waals surface area contributed by atoms with Crippen molar-refractivity contribution in [1.29, 1.82) is 0 Å². The molecule has 1 aromatic heterocycles. The number of fused-ring (bicyclic) bond motifs is 1. The van der Waals surface area contributed by atoms with Gasteiger partial charge in [-0.25, -0.2) is 9.98 Å². The van der Waals surface area contributed by atoms with E-state index in [0.29, 0.717) is 29.2 Å². The number of hydrogen-bond donors (Lipinski definition) is 2. The Kier molecular flexibility index (Phi) is 8.02. The molecule has 2 heterocycles. The Morgan fingerprint density at radius 1 is 1.17 bits per heavy atom. The van der Waals surface area contributed by atoms with E-state index in [1.54, 1.807) is 0 Å². The molecule has 2 unspecified atom stereocenters. The zero-order valence-corrected chi connectivity index (χ0v) is 22.4. The molecule has 0 saturated heterocycles. The van der Waals surface area contributed by atoms with Crippen LogP contribution in [0, 0.1) is 5.92 Å². The molecule has 1 fully saturated rings. The van der Waals surface area contributed by atoms with Gasteiger partial charge in [0.05, 0.1) is 5.71 Å². The standard InChI is InChI=1S/C28H41N4O2P/c1-5-9-21(12-8-17-35(4,33)18-20-10-6-7-11-20)22-13-15-23(16-14-22)25-28(2,3)34-27-24(32-25)26(29)30-19-31-27/h13-16,19-21,33H,4-12,17-18H2,1-3H3,(H2,29,30,31). The van der Waals surface area contributed by atoms with Gasteiger partial charge < -0.3 is 15.4 Å². The molecule has 1 saturated carbocycles. The molecule has 0 bridgehead atoms. The quantitative estimate of drug-likeness (QED) is 0.363. The van der Waals surface area contributed by atoms with Crippen LogP contribution in [0.4, 0.5) is 11.5 Å². The van der Waals surface area contributed by atoms with Crippen LogP contribution < -0.4 is 10.5 Å². The molecule has 6 nitrogen and oxygen atoms in total. The van der Waals surface area contributed by atoms with Gasteiger partial charge in [-0.3, -0.25) is 0 Å². The van der Waals surface area contributed by atoms with Gasteiger partial charge in [-0.15, -0.1) is 0 Å². The van der Waals surface area contributed by atoms with E-state index in [0.717, 1.165) is 49.3 Å². The lowest BCUT2D eigenvalue weighted by molar-refractivity contribution is 0.171. The molecule has 7 heteroatoms. The van der Waals surface area contributed by atoms with Crippen molar-refractivity contribution >= 4 is 30.6 Å². The molecule has 2 aromatic rings. The smallest absolute Gasteiger partial charge is 0.246 e. The molecule has 2 aliphatic rings. The lowest BCUT2D eigenvalue weighted by Crippen LogP contribution is -2.41. The van der Waals surface area contributed by atoms with Gasteiger partial charge in [0.2, 0.25) is 5.88 Å². The van der Waals surface area contributed by atoms with Gasteiger partial charge in [0.1, 0.15) is 11.9 Å². The summed E-state index contributed by atoms with van der Waals surface area (Å²) in [7, 11) is -2.03. The summed E-state index contributed by atoms with van der Waals surface area (Å²) in [4.78, 5) is 24.0. The number of rotatable bonds is 10. The van der Waals surface area contributed by atoms with Crippen LogP contribution in [0.15, 0.2) is 35.6 Å². The Labute approximate surface area is 210 Å². The normalized spacial score (nSPS) is 19.9. The van der Waals surface area contributed by atoms with Crippen LogP contribution in [0.1, 0.15) is 89.2 Å². The predicted molar refractivity (Wildman–Crippen MR) is 149 cm³/mol. The molecule has 35 heavy (non-hydrogen) atoms. The van der Waals surface area contributed by atoms with Gasteiger partial charge in [0.15, 0.2) is 11.5 Å². The van der Waals surface area contributed by atoms with Gasteiger partial charge >= 0.3 is 0 Å². The fourth-order valence-corrected chi connectivity index (χ4v) is 7.92. The molecule has 1 aliphatic carbocycles. The summed E-state index contributed by atoms with van der Waals surface area (Å²) in [5.74, 6) is 1.94. The molecule has 4 rings (SSSR count). The van der Waals surface area contributed by atoms with Gasteiger partial charge in [-0.2, -0.15) is 4.98 Å². The van der Waals surface area contributed by atoms with E-state index in [-0.39, 0.29) is 0 Å². The number of nitrogen functional groups attached to an aromatic ring is 1. The van der Waals surface area contributed by atoms with Crippen molar-refractivity contribution in [3.63, 3.8) is 0 Å². The molecule has 190 valence electrons. The highest BCUT2D eigenvalue weighted by Crippen LogP contribution is 2.47. The van der Waals surface area contributed by atoms with Crippen LogP contribution in [0.25, 0.3) is 0 Å². The van der Waals surface area contributed by atoms with E-state index >= 15 is 0 Å². The van der Waals surface area contributed by atoms with Crippen LogP contribution in [0.3, 0.4) is 0 Å². The summed E-state index contributed by atoms with van der Waals surface area (Å²) in [6.45, 7) is 6.23. The number of nitrogens with zero attached hydrogens (tertiary/aromatic N) is 3. The van der Waals surface area contributed by atoms with Crippen molar-refractivity contribution in [2.24, 2.45) is 10.9 Å². The Morgan fingerprint density at radius 2 is 1.89 bits per heavy atom. The molecule has 1 aromatic carbocycles. The minimum Gasteiger partial charge on any atom is -0.463 e. The second kappa shape index (κ2) is 10.8. The third-order valence-corrected chi connectivity index (χ3v) is 9.80. The van der Waals surface area contributed by atoms with E-state index in [1.165, 1.54) is 37.6 Å². The Hall–Kier alpha value is -2.17. The maximum atomic E-state index is 11.0.